The number of nitrogens with zero attached hydrogens (tertiary/aromatic N) is 1. The van der Waals surface area contributed by atoms with Crippen molar-refractivity contribution >= 4 is 17.3 Å². The molecule has 4 heteroatoms. The highest BCUT2D eigenvalue weighted by Gasteiger charge is 2.24. The van der Waals surface area contributed by atoms with E-state index >= 15 is 0 Å². The van der Waals surface area contributed by atoms with Gasteiger partial charge in [-0.25, -0.2) is 9.78 Å². The highest BCUT2D eigenvalue weighted by Crippen LogP contribution is 2.41. The van der Waals surface area contributed by atoms with Crippen molar-refractivity contribution in [1.29, 1.82) is 0 Å². The number of carbonyl (C=O) groups is 1. The van der Waals surface area contributed by atoms with Gasteiger partial charge in [-0.2, -0.15) is 0 Å². The van der Waals surface area contributed by atoms with Crippen LogP contribution in [0.25, 0.3) is 10.6 Å². The quantitative estimate of drug-likeness (QED) is 0.879. The molecule has 3 nitrogen and oxygen atoms in total. The summed E-state index contributed by atoms with van der Waals surface area (Å²) in [7, 11) is 0. The molecule has 0 radical (unpaired) electrons. The van der Waals surface area contributed by atoms with E-state index in [-0.39, 0.29) is 0 Å². The molecule has 0 atom stereocenters. The van der Waals surface area contributed by atoms with Gasteiger partial charge < -0.3 is 5.11 Å². The van der Waals surface area contributed by atoms with E-state index < -0.39 is 5.97 Å². The zero-order valence-electron chi connectivity index (χ0n) is 12.3. The molecule has 0 unspecified atom stereocenters. The number of thiazole rings is 1. The summed E-state index contributed by atoms with van der Waals surface area (Å²) >= 11 is 1.29. The fourth-order valence-electron chi connectivity index (χ4n) is 2.51. The lowest BCUT2D eigenvalue weighted by Crippen LogP contribution is -2.02. The Labute approximate surface area is 128 Å². The van der Waals surface area contributed by atoms with Crippen LogP contribution in [0.3, 0.4) is 0 Å². The number of carboxylic acid groups (broad SMARTS) is 1. The molecule has 0 amide bonds. The molecular weight excluding hydrogens is 282 g/mol. The fourth-order valence-corrected chi connectivity index (χ4v) is 3.44. The van der Waals surface area contributed by atoms with Gasteiger partial charge in [0.05, 0.1) is 5.69 Å². The Kier molecular flexibility index (Phi) is 3.81. The summed E-state index contributed by atoms with van der Waals surface area (Å²) < 4.78 is 0. The maximum atomic E-state index is 11.4. The van der Waals surface area contributed by atoms with Gasteiger partial charge in [0.1, 0.15) is 9.88 Å². The van der Waals surface area contributed by atoms with Gasteiger partial charge in [-0.15, -0.1) is 11.3 Å². The molecule has 1 aliphatic rings. The number of hydrogen-bond donors (Lipinski definition) is 1. The monoisotopic (exact) mass is 301 g/mol. The number of aromatic nitrogens is 1. The van der Waals surface area contributed by atoms with Gasteiger partial charge in [0.25, 0.3) is 0 Å². The van der Waals surface area contributed by atoms with Gasteiger partial charge in [0.15, 0.2) is 0 Å². The van der Waals surface area contributed by atoms with Crippen LogP contribution >= 0.6 is 11.3 Å². The van der Waals surface area contributed by atoms with Crippen LogP contribution < -0.4 is 0 Å². The Hall–Kier alpha value is -1.68. The van der Waals surface area contributed by atoms with Crippen LogP contribution in [0, 0.1) is 5.92 Å². The first-order valence-electron chi connectivity index (χ1n) is 7.38. The Morgan fingerprint density at radius 1 is 1.43 bits per heavy atom. The molecule has 0 spiro atoms. The summed E-state index contributed by atoms with van der Waals surface area (Å²) in [5, 5.41) is 10.2. The summed E-state index contributed by atoms with van der Waals surface area (Å²) in [6, 6.07) is 8.39. The van der Waals surface area contributed by atoms with Crippen molar-refractivity contribution in [2.45, 2.75) is 39.0 Å². The van der Waals surface area contributed by atoms with E-state index in [2.05, 4.69) is 31.0 Å². The number of aromatic carboxylic acids is 1. The van der Waals surface area contributed by atoms with Crippen LogP contribution in [-0.2, 0) is 6.42 Å². The van der Waals surface area contributed by atoms with Crippen molar-refractivity contribution in [3.8, 4) is 10.6 Å². The SMILES string of the molecule is CC(C)Cc1nc(-c2cccc(C3CC3)c2)sc1C(=O)O. The molecule has 21 heavy (non-hydrogen) atoms. The van der Waals surface area contributed by atoms with Crippen LogP contribution in [0.1, 0.15) is 53.5 Å². The molecule has 1 aromatic carbocycles. The maximum absolute atomic E-state index is 11.4. The van der Waals surface area contributed by atoms with Crippen LogP contribution in [-0.4, -0.2) is 16.1 Å². The molecule has 110 valence electrons. The van der Waals surface area contributed by atoms with Crippen molar-refractivity contribution in [3.05, 3.63) is 40.4 Å². The van der Waals surface area contributed by atoms with E-state index in [9.17, 15) is 9.90 Å². The lowest BCUT2D eigenvalue weighted by Gasteiger charge is -2.02. The lowest BCUT2D eigenvalue weighted by atomic mass is 10.1. The maximum Gasteiger partial charge on any atom is 0.347 e. The molecular formula is C17H19NO2S. The highest BCUT2D eigenvalue weighted by molar-refractivity contribution is 7.17. The second kappa shape index (κ2) is 5.60. The Balaban J connectivity index is 1.98. The molecule has 1 aliphatic carbocycles. The van der Waals surface area contributed by atoms with Gasteiger partial charge in [0.2, 0.25) is 0 Å². The standard InChI is InChI=1S/C17H19NO2S/c1-10(2)8-14-15(17(19)20)21-16(18-14)13-5-3-4-12(9-13)11-6-7-11/h3-5,9-11H,6-8H2,1-2H3,(H,19,20). The fraction of sp³-hybridized carbons (Fsp3) is 0.412. The Morgan fingerprint density at radius 2 is 2.19 bits per heavy atom. The third-order valence-electron chi connectivity index (χ3n) is 3.68. The minimum atomic E-state index is -0.868. The number of benzene rings is 1. The number of carboxylic acids is 1. The van der Waals surface area contributed by atoms with Crippen LogP contribution in [0.5, 0.6) is 0 Å². The molecule has 1 fully saturated rings. The third kappa shape index (κ3) is 3.16. The summed E-state index contributed by atoms with van der Waals surface area (Å²) in [5.41, 5.74) is 3.11. The van der Waals surface area contributed by atoms with E-state index in [0.717, 1.165) is 10.6 Å². The van der Waals surface area contributed by atoms with Gasteiger partial charge in [-0.05, 0) is 42.7 Å². The molecule has 1 aromatic heterocycles. The molecule has 0 saturated heterocycles. The van der Waals surface area contributed by atoms with Crippen LogP contribution in [0.15, 0.2) is 24.3 Å². The van der Waals surface area contributed by atoms with Crippen molar-refractivity contribution in [2.24, 2.45) is 5.92 Å². The van der Waals surface area contributed by atoms with E-state index in [1.54, 1.807) is 0 Å². The highest BCUT2D eigenvalue weighted by atomic mass is 32.1. The topological polar surface area (TPSA) is 50.2 Å². The minimum absolute atomic E-state index is 0.385. The summed E-state index contributed by atoms with van der Waals surface area (Å²) in [5.74, 6) is 0.225. The van der Waals surface area contributed by atoms with Crippen molar-refractivity contribution < 1.29 is 9.90 Å². The van der Waals surface area contributed by atoms with Gasteiger partial charge >= 0.3 is 5.97 Å². The molecule has 0 bridgehead atoms. The number of hydrogen-bond acceptors (Lipinski definition) is 3. The zero-order valence-corrected chi connectivity index (χ0v) is 13.1. The second-order valence-corrected chi connectivity index (χ2v) is 7.10. The number of rotatable bonds is 5. The molecule has 1 heterocycles. The van der Waals surface area contributed by atoms with E-state index in [1.807, 2.05) is 12.1 Å². The average Bonchev–Trinajstić information content (AvgIpc) is 3.20. The third-order valence-corrected chi connectivity index (χ3v) is 4.81. The van der Waals surface area contributed by atoms with E-state index in [1.165, 1.54) is 29.7 Å². The first-order chi connectivity index (χ1) is 10.0. The largest absolute Gasteiger partial charge is 0.477 e. The normalized spacial score (nSPS) is 14.6. The van der Waals surface area contributed by atoms with Gasteiger partial charge in [-0.1, -0.05) is 32.0 Å². The van der Waals surface area contributed by atoms with E-state index in [4.69, 9.17) is 0 Å². The molecule has 1 saturated carbocycles. The van der Waals surface area contributed by atoms with E-state index in [0.29, 0.717) is 28.8 Å². The molecule has 3 rings (SSSR count). The van der Waals surface area contributed by atoms with Crippen LogP contribution in [0.2, 0.25) is 0 Å². The Bertz CT molecular complexity index is 671. The van der Waals surface area contributed by atoms with Crippen molar-refractivity contribution in [1.82, 2.24) is 4.98 Å². The van der Waals surface area contributed by atoms with Gasteiger partial charge in [0, 0.05) is 5.56 Å². The zero-order chi connectivity index (χ0) is 15.0. The van der Waals surface area contributed by atoms with Crippen molar-refractivity contribution in [2.75, 3.05) is 0 Å². The average molecular weight is 301 g/mol. The summed E-state index contributed by atoms with van der Waals surface area (Å²) in [6.07, 6.45) is 3.24. The summed E-state index contributed by atoms with van der Waals surface area (Å²) in [4.78, 5) is 16.4. The Morgan fingerprint density at radius 3 is 2.81 bits per heavy atom. The summed E-state index contributed by atoms with van der Waals surface area (Å²) in [6.45, 7) is 4.16. The van der Waals surface area contributed by atoms with Gasteiger partial charge in [-0.3, -0.25) is 0 Å². The second-order valence-electron chi connectivity index (χ2n) is 6.10. The molecule has 1 N–H and O–H groups in total. The predicted molar refractivity (Wildman–Crippen MR) is 85.0 cm³/mol. The van der Waals surface area contributed by atoms with Crippen LogP contribution in [0.4, 0.5) is 0 Å². The molecule has 0 aliphatic heterocycles. The smallest absolute Gasteiger partial charge is 0.347 e. The minimum Gasteiger partial charge on any atom is -0.477 e. The first kappa shape index (κ1) is 14.3. The molecule has 2 aromatic rings. The predicted octanol–water partition coefficient (Wildman–Crippen LogP) is 4.58. The van der Waals surface area contributed by atoms with Crippen molar-refractivity contribution in [3.63, 3.8) is 0 Å². The lowest BCUT2D eigenvalue weighted by molar-refractivity contribution is 0.0700. The first-order valence-corrected chi connectivity index (χ1v) is 8.19.